The maximum absolute atomic E-state index is 12.6. The molecule has 1 aromatic rings. The lowest BCUT2D eigenvalue weighted by molar-refractivity contribution is -0.157. The third-order valence-electron chi connectivity index (χ3n) is 3.91. The highest BCUT2D eigenvalue weighted by Gasteiger charge is 2.46. The zero-order valence-electron chi connectivity index (χ0n) is 12.6. The van der Waals surface area contributed by atoms with E-state index in [0.717, 1.165) is 24.3 Å². The van der Waals surface area contributed by atoms with Crippen molar-refractivity contribution in [2.24, 2.45) is 5.92 Å². The fraction of sp³-hybridized carbons (Fsp3) is 0.467. The molecule has 0 unspecified atom stereocenters. The van der Waals surface area contributed by atoms with Crippen LogP contribution in [0.25, 0.3) is 0 Å². The van der Waals surface area contributed by atoms with Gasteiger partial charge in [0.2, 0.25) is 0 Å². The summed E-state index contributed by atoms with van der Waals surface area (Å²) in [6.07, 6.45) is -4.13. The van der Waals surface area contributed by atoms with Crippen molar-refractivity contribution in [1.29, 1.82) is 0 Å². The molecule has 128 valence electrons. The van der Waals surface area contributed by atoms with Crippen molar-refractivity contribution in [3.63, 3.8) is 0 Å². The van der Waals surface area contributed by atoms with Gasteiger partial charge < -0.3 is 15.5 Å². The summed E-state index contributed by atoms with van der Waals surface area (Å²) in [5.41, 5.74) is -1.92. The van der Waals surface area contributed by atoms with Crippen LogP contribution in [-0.4, -0.2) is 27.7 Å². The van der Waals surface area contributed by atoms with E-state index in [4.69, 9.17) is 0 Å². The van der Waals surface area contributed by atoms with Gasteiger partial charge in [0.15, 0.2) is 5.92 Å². The molecule has 3 N–H and O–H groups in total. The quantitative estimate of drug-likeness (QED) is 0.665. The third kappa shape index (κ3) is 4.14. The first-order valence-electron chi connectivity index (χ1n) is 6.98. The fourth-order valence-electron chi connectivity index (χ4n) is 2.52. The SMILES string of the molecule is CCC(CC)(Nc1ccc(C(F)(F)F)cc1)C(C(=O)O)C(=O)O. The summed E-state index contributed by atoms with van der Waals surface area (Å²) >= 11 is 0. The highest BCUT2D eigenvalue weighted by atomic mass is 19.4. The van der Waals surface area contributed by atoms with Crippen molar-refractivity contribution >= 4 is 17.6 Å². The maximum atomic E-state index is 12.6. The van der Waals surface area contributed by atoms with Gasteiger partial charge in [0.05, 0.1) is 11.1 Å². The van der Waals surface area contributed by atoms with Crippen LogP contribution >= 0.6 is 0 Å². The number of anilines is 1. The molecular weight excluding hydrogens is 315 g/mol. The molecule has 0 heterocycles. The minimum absolute atomic E-state index is 0.174. The Morgan fingerprint density at radius 1 is 1.04 bits per heavy atom. The van der Waals surface area contributed by atoms with E-state index in [1.807, 2.05) is 0 Å². The van der Waals surface area contributed by atoms with Gasteiger partial charge in [0.25, 0.3) is 0 Å². The Kier molecular flexibility index (Phi) is 5.63. The van der Waals surface area contributed by atoms with Gasteiger partial charge in [-0.05, 0) is 37.1 Å². The van der Waals surface area contributed by atoms with Gasteiger partial charge >= 0.3 is 18.1 Å². The highest BCUT2D eigenvalue weighted by molar-refractivity contribution is 5.95. The number of hydrogen-bond acceptors (Lipinski definition) is 3. The summed E-state index contributed by atoms with van der Waals surface area (Å²) < 4.78 is 37.7. The largest absolute Gasteiger partial charge is 0.481 e. The molecule has 0 saturated heterocycles. The van der Waals surface area contributed by atoms with Gasteiger partial charge in [-0.15, -0.1) is 0 Å². The van der Waals surface area contributed by atoms with Crippen LogP contribution in [0.3, 0.4) is 0 Å². The molecule has 0 spiro atoms. The number of carbonyl (C=O) groups is 2. The summed E-state index contributed by atoms with van der Waals surface area (Å²) in [7, 11) is 0. The van der Waals surface area contributed by atoms with E-state index in [-0.39, 0.29) is 18.5 Å². The first-order valence-corrected chi connectivity index (χ1v) is 6.98. The van der Waals surface area contributed by atoms with Crippen molar-refractivity contribution in [2.75, 3.05) is 5.32 Å². The molecule has 1 aromatic carbocycles. The molecule has 1 rings (SSSR count). The number of carboxylic acids is 2. The van der Waals surface area contributed by atoms with Crippen LogP contribution in [0.15, 0.2) is 24.3 Å². The van der Waals surface area contributed by atoms with Gasteiger partial charge in [0, 0.05) is 5.69 Å². The number of carboxylic acid groups (broad SMARTS) is 2. The first kappa shape index (κ1) is 18.8. The lowest BCUT2D eigenvalue weighted by atomic mass is 9.79. The molecule has 0 aliphatic rings. The summed E-state index contributed by atoms with van der Waals surface area (Å²) in [6, 6.07) is 4.03. The monoisotopic (exact) mass is 333 g/mol. The lowest BCUT2D eigenvalue weighted by Gasteiger charge is -2.37. The number of rotatable bonds is 7. The second-order valence-electron chi connectivity index (χ2n) is 5.17. The van der Waals surface area contributed by atoms with Crippen molar-refractivity contribution < 1.29 is 33.0 Å². The van der Waals surface area contributed by atoms with Crippen LogP contribution in [0.4, 0.5) is 18.9 Å². The molecule has 0 amide bonds. The molecule has 0 aliphatic carbocycles. The third-order valence-corrected chi connectivity index (χ3v) is 3.91. The van der Waals surface area contributed by atoms with Crippen molar-refractivity contribution in [2.45, 2.75) is 38.4 Å². The highest BCUT2D eigenvalue weighted by Crippen LogP contribution is 2.33. The van der Waals surface area contributed by atoms with E-state index < -0.39 is 35.1 Å². The minimum Gasteiger partial charge on any atom is -0.481 e. The normalized spacial score (nSPS) is 12.3. The molecule has 0 aromatic heterocycles. The second kappa shape index (κ2) is 6.89. The Bertz CT molecular complexity index is 551. The predicted molar refractivity (Wildman–Crippen MR) is 77.1 cm³/mol. The van der Waals surface area contributed by atoms with E-state index >= 15 is 0 Å². The van der Waals surface area contributed by atoms with Gasteiger partial charge in [-0.3, -0.25) is 9.59 Å². The van der Waals surface area contributed by atoms with Gasteiger partial charge in [-0.2, -0.15) is 13.2 Å². The predicted octanol–water partition coefficient (Wildman–Crippen LogP) is 3.46. The Hall–Kier alpha value is -2.25. The van der Waals surface area contributed by atoms with Crippen LogP contribution in [0, 0.1) is 5.92 Å². The lowest BCUT2D eigenvalue weighted by Crippen LogP contribution is -2.51. The summed E-state index contributed by atoms with van der Waals surface area (Å²) in [5.74, 6) is -4.72. The Morgan fingerprint density at radius 2 is 1.48 bits per heavy atom. The molecule has 0 atom stereocenters. The van der Waals surface area contributed by atoms with Crippen LogP contribution in [0.5, 0.6) is 0 Å². The average molecular weight is 333 g/mol. The van der Waals surface area contributed by atoms with Crippen molar-refractivity contribution in [3.8, 4) is 0 Å². The van der Waals surface area contributed by atoms with E-state index in [2.05, 4.69) is 5.32 Å². The first-order chi connectivity index (χ1) is 10.6. The number of benzene rings is 1. The average Bonchev–Trinajstić information content (AvgIpc) is 2.45. The van der Waals surface area contributed by atoms with E-state index in [9.17, 15) is 33.0 Å². The van der Waals surface area contributed by atoms with Crippen LogP contribution in [0.1, 0.15) is 32.3 Å². The smallest absolute Gasteiger partial charge is 0.416 e. The molecule has 0 aliphatic heterocycles. The molecule has 23 heavy (non-hydrogen) atoms. The van der Waals surface area contributed by atoms with E-state index in [1.165, 1.54) is 0 Å². The standard InChI is InChI=1S/C15H18F3NO4/c1-3-14(4-2,11(12(20)21)13(22)23)19-10-7-5-9(6-8-10)15(16,17)18/h5-8,11,19H,3-4H2,1-2H3,(H,20,21)(H,22,23). The molecular formula is C15H18F3NO4. The molecule has 0 radical (unpaired) electrons. The minimum atomic E-state index is -4.48. The maximum Gasteiger partial charge on any atom is 0.416 e. The van der Waals surface area contributed by atoms with Gasteiger partial charge in [-0.1, -0.05) is 13.8 Å². The Labute approximate surface area is 131 Å². The van der Waals surface area contributed by atoms with Crippen LogP contribution in [-0.2, 0) is 15.8 Å². The molecule has 5 nitrogen and oxygen atoms in total. The summed E-state index contributed by atoms with van der Waals surface area (Å²) in [6.45, 7) is 3.25. The number of halogens is 3. The fourth-order valence-corrected chi connectivity index (χ4v) is 2.52. The molecule has 0 fully saturated rings. The number of alkyl halides is 3. The number of hydrogen-bond donors (Lipinski definition) is 3. The second-order valence-corrected chi connectivity index (χ2v) is 5.17. The van der Waals surface area contributed by atoms with Crippen molar-refractivity contribution in [1.82, 2.24) is 0 Å². The molecule has 0 saturated carbocycles. The van der Waals surface area contributed by atoms with Crippen LogP contribution in [0.2, 0.25) is 0 Å². The Morgan fingerprint density at radius 3 is 1.78 bits per heavy atom. The zero-order valence-corrected chi connectivity index (χ0v) is 12.6. The topological polar surface area (TPSA) is 86.6 Å². The van der Waals surface area contributed by atoms with Crippen LogP contribution < -0.4 is 5.32 Å². The van der Waals surface area contributed by atoms with E-state index in [1.54, 1.807) is 13.8 Å². The summed E-state index contributed by atoms with van der Waals surface area (Å²) in [5, 5.41) is 21.2. The Balaban J connectivity index is 3.17. The van der Waals surface area contributed by atoms with Gasteiger partial charge in [0.1, 0.15) is 0 Å². The number of aliphatic carboxylic acids is 2. The molecule has 0 bridgehead atoms. The number of nitrogens with one attached hydrogen (secondary N) is 1. The zero-order chi connectivity index (χ0) is 17.8. The molecule has 8 heteroatoms. The van der Waals surface area contributed by atoms with E-state index in [0.29, 0.717) is 0 Å². The van der Waals surface area contributed by atoms with Crippen molar-refractivity contribution in [3.05, 3.63) is 29.8 Å². The van der Waals surface area contributed by atoms with Gasteiger partial charge in [-0.25, -0.2) is 0 Å². The summed E-state index contributed by atoms with van der Waals surface area (Å²) in [4.78, 5) is 22.6.